The van der Waals surface area contributed by atoms with Crippen LogP contribution in [0.3, 0.4) is 0 Å². The third kappa shape index (κ3) is 6.11. The Morgan fingerprint density at radius 2 is 1.25 bits per heavy atom. The van der Waals surface area contributed by atoms with Gasteiger partial charge in [-0.3, -0.25) is 4.79 Å². The van der Waals surface area contributed by atoms with Crippen LogP contribution in [-0.4, -0.2) is 43.3 Å². The van der Waals surface area contributed by atoms with Crippen molar-refractivity contribution in [1.29, 1.82) is 0 Å². The molecule has 0 unspecified atom stereocenters. The van der Waals surface area contributed by atoms with Crippen LogP contribution in [0.15, 0.2) is 164 Å². The van der Waals surface area contributed by atoms with E-state index >= 15 is 0 Å². The summed E-state index contributed by atoms with van der Waals surface area (Å²) in [7, 11) is 1.39. The van der Waals surface area contributed by atoms with Gasteiger partial charge in [-0.2, -0.15) is 0 Å². The van der Waals surface area contributed by atoms with Crippen molar-refractivity contribution in [3.8, 4) is 22.5 Å². The van der Waals surface area contributed by atoms with Crippen molar-refractivity contribution in [2.45, 2.75) is 18.4 Å². The minimum atomic E-state index is -0.859. The van der Waals surface area contributed by atoms with E-state index in [0.29, 0.717) is 12.2 Å². The Labute approximate surface area is 301 Å². The lowest BCUT2D eigenvalue weighted by molar-refractivity contribution is -0.139. The van der Waals surface area contributed by atoms with Crippen molar-refractivity contribution in [1.82, 2.24) is 30.2 Å². The molecule has 0 amide bonds. The predicted molar refractivity (Wildman–Crippen MR) is 201 cm³/mol. The number of benzene rings is 6. The van der Waals surface area contributed by atoms with Gasteiger partial charge in [0.2, 0.25) is 0 Å². The van der Waals surface area contributed by atoms with Crippen LogP contribution in [-0.2, 0) is 27.9 Å². The highest BCUT2D eigenvalue weighted by Crippen LogP contribution is 2.43. The number of tetrazole rings is 1. The fourth-order valence-electron chi connectivity index (χ4n) is 6.96. The molecule has 0 aliphatic carbocycles. The third-order valence-corrected chi connectivity index (χ3v) is 9.43. The standard InChI is InChI=1S/C44H34N6O2/c1-52-42(51)29-32-23-26-40-34(27-32)30-45-41(46-40)28-31-21-24-33(25-22-31)38-19-11-12-20-39(38)43-47-48-49-50(43)44(35-13-5-2-6-14-35,36-15-7-3-8-16-36)37-17-9-4-10-18-37/h2-27,30H,28-29H2,1H3. The van der Waals surface area contributed by atoms with Crippen LogP contribution in [0.25, 0.3) is 33.4 Å². The molecule has 2 heterocycles. The topological polar surface area (TPSA) is 95.7 Å². The summed E-state index contributed by atoms with van der Waals surface area (Å²) >= 11 is 0. The molecule has 6 aromatic carbocycles. The zero-order chi connectivity index (χ0) is 35.3. The van der Waals surface area contributed by atoms with Crippen molar-refractivity contribution < 1.29 is 9.53 Å². The Hall–Kier alpha value is -6.80. The Morgan fingerprint density at radius 1 is 0.673 bits per heavy atom. The summed E-state index contributed by atoms with van der Waals surface area (Å²) in [5.74, 6) is 1.09. The second kappa shape index (κ2) is 14.2. The van der Waals surface area contributed by atoms with E-state index in [9.17, 15) is 4.79 Å². The number of nitrogens with zero attached hydrogens (tertiary/aromatic N) is 6. The second-order valence-corrected chi connectivity index (χ2v) is 12.6. The van der Waals surface area contributed by atoms with Crippen LogP contribution in [0, 0.1) is 0 Å². The lowest BCUT2D eigenvalue weighted by atomic mass is 9.77. The van der Waals surface area contributed by atoms with Gasteiger partial charge in [0.15, 0.2) is 5.82 Å². The summed E-state index contributed by atoms with van der Waals surface area (Å²) in [6.07, 6.45) is 2.61. The average molecular weight is 679 g/mol. The van der Waals surface area contributed by atoms with Gasteiger partial charge >= 0.3 is 5.97 Å². The zero-order valence-electron chi connectivity index (χ0n) is 28.5. The summed E-state index contributed by atoms with van der Waals surface area (Å²) in [6.45, 7) is 0. The van der Waals surface area contributed by atoms with Crippen molar-refractivity contribution in [3.63, 3.8) is 0 Å². The average Bonchev–Trinajstić information content (AvgIpc) is 3.70. The first kappa shape index (κ1) is 32.4. The van der Waals surface area contributed by atoms with E-state index in [1.165, 1.54) is 7.11 Å². The van der Waals surface area contributed by atoms with Crippen LogP contribution in [0.2, 0.25) is 0 Å². The van der Waals surface area contributed by atoms with E-state index < -0.39 is 5.54 Å². The zero-order valence-corrected chi connectivity index (χ0v) is 28.5. The second-order valence-electron chi connectivity index (χ2n) is 12.6. The highest BCUT2D eigenvalue weighted by molar-refractivity contribution is 5.82. The van der Waals surface area contributed by atoms with E-state index in [-0.39, 0.29) is 12.4 Å². The normalized spacial score (nSPS) is 11.4. The molecule has 2 aromatic heterocycles. The molecule has 0 aliphatic rings. The molecule has 8 nitrogen and oxygen atoms in total. The van der Waals surface area contributed by atoms with Crippen molar-refractivity contribution in [2.75, 3.05) is 7.11 Å². The van der Waals surface area contributed by atoms with E-state index in [1.807, 2.05) is 59.4 Å². The van der Waals surface area contributed by atoms with Gasteiger partial charge in [0.05, 0.1) is 19.0 Å². The molecule has 8 rings (SSSR count). The van der Waals surface area contributed by atoms with Gasteiger partial charge in [0.1, 0.15) is 11.4 Å². The highest BCUT2D eigenvalue weighted by Gasteiger charge is 2.42. The number of rotatable bonds is 10. The molecular weight excluding hydrogens is 645 g/mol. The van der Waals surface area contributed by atoms with Crippen molar-refractivity contribution in [3.05, 3.63) is 198 Å². The molecular formula is C44H34N6O2. The Balaban J connectivity index is 1.16. The summed E-state index contributed by atoms with van der Waals surface area (Å²) in [5, 5.41) is 14.6. The van der Waals surface area contributed by atoms with Gasteiger partial charge < -0.3 is 4.74 Å². The predicted octanol–water partition coefficient (Wildman–Crippen LogP) is 8.10. The largest absolute Gasteiger partial charge is 0.469 e. The molecule has 8 aromatic rings. The smallest absolute Gasteiger partial charge is 0.309 e. The SMILES string of the molecule is COC(=O)Cc1ccc2nc(Cc3ccc(-c4ccccc4-c4nnnn4C(c4ccccc4)(c4ccccc4)c4ccccc4)cc3)ncc2c1. The maximum absolute atomic E-state index is 11.7. The van der Waals surface area contributed by atoms with Crippen LogP contribution < -0.4 is 0 Å². The maximum Gasteiger partial charge on any atom is 0.309 e. The molecule has 0 aliphatic heterocycles. The number of esters is 1. The Bertz CT molecular complexity index is 2370. The van der Waals surface area contributed by atoms with Crippen LogP contribution in [0.4, 0.5) is 0 Å². The molecule has 52 heavy (non-hydrogen) atoms. The molecule has 0 N–H and O–H groups in total. The number of carbonyl (C=O) groups excluding carboxylic acids is 1. The van der Waals surface area contributed by atoms with E-state index in [2.05, 4.69) is 119 Å². The van der Waals surface area contributed by atoms with E-state index in [0.717, 1.165) is 61.2 Å². The maximum atomic E-state index is 11.7. The quantitative estimate of drug-likeness (QED) is 0.107. The Kier molecular flexibility index (Phi) is 8.85. The van der Waals surface area contributed by atoms with E-state index in [4.69, 9.17) is 20.0 Å². The molecule has 0 fully saturated rings. The number of hydrogen-bond donors (Lipinski definition) is 0. The van der Waals surface area contributed by atoms with Gasteiger partial charge in [0.25, 0.3) is 0 Å². The third-order valence-electron chi connectivity index (χ3n) is 9.43. The molecule has 0 radical (unpaired) electrons. The lowest BCUT2D eigenvalue weighted by Crippen LogP contribution is -2.39. The number of hydrogen-bond acceptors (Lipinski definition) is 7. The molecule has 0 atom stereocenters. The highest BCUT2D eigenvalue weighted by atomic mass is 16.5. The number of fused-ring (bicyclic) bond motifs is 1. The number of aromatic nitrogens is 6. The van der Waals surface area contributed by atoms with Gasteiger partial charge in [-0.15, -0.1) is 5.10 Å². The fourth-order valence-corrected chi connectivity index (χ4v) is 6.96. The summed E-state index contributed by atoms with van der Waals surface area (Å²) in [5.41, 5.74) is 8.02. The first-order chi connectivity index (χ1) is 25.6. The van der Waals surface area contributed by atoms with E-state index in [1.54, 1.807) is 0 Å². The minimum Gasteiger partial charge on any atom is -0.469 e. The van der Waals surface area contributed by atoms with Gasteiger partial charge in [0, 0.05) is 23.6 Å². The first-order valence-electron chi connectivity index (χ1n) is 17.1. The number of carbonyl (C=O) groups is 1. The molecule has 0 spiro atoms. The first-order valence-corrected chi connectivity index (χ1v) is 17.1. The molecule has 0 saturated heterocycles. The summed E-state index contributed by atoms with van der Waals surface area (Å²) < 4.78 is 6.77. The molecule has 8 heteroatoms. The molecule has 0 bridgehead atoms. The van der Waals surface area contributed by atoms with Crippen LogP contribution >= 0.6 is 0 Å². The van der Waals surface area contributed by atoms with Crippen LogP contribution in [0.1, 0.15) is 33.6 Å². The number of methoxy groups -OCH3 is 1. The Morgan fingerprint density at radius 3 is 1.87 bits per heavy atom. The van der Waals surface area contributed by atoms with Gasteiger partial charge in [-0.25, -0.2) is 14.6 Å². The monoisotopic (exact) mass is 678 g/mol. The van der Waals surface area contributed by atoms with Crippen LogP contribution in [0.5, 0.6) is 0 Å². The lowest BCUT2D eigenvalue weighted by Gasteiger charge is -2.36. The molecule has 0 saturated carbocycles. The molecule has 252 valence electrons. The minimum absolute atomic E-state index is 0.215. The van der Waals surface area contributed by atoms with Crippen molar-refractivity contribution >= 4 is 16.9 Å². The summed E-state index contributed by atoms with van der Waals surface area (Å²) in [6, 6.07) is 53.8. The van der Waals surface area contributed by atoms with Crippen molar-refractivity contribution in [2.24, 2.45) is 0 Å². The number of ether oxygens (including phenoxy) is 1. The summed E-state index contributed by atoms with van der Waals surface area (Å²) in [4.78, 5) is 21.1. The fraction of sp³-hybridized carbons (Fsp3) is 0.0909. The van der Waals surface area contributed by atoms with Gasteiger partial charge in [-0.1, -0.05) is 146 Å². The van der Waals surface area contributed by atoms with Gasteiger partial charge in [-0.05, 0) is 61.5 Å².